The van der Waals surface area contributed by atoms with Crippen LogP contribution < -0.4 is 0 Å². The molecular weight excluding hydrogens is 250 g/mol. The molecule has 3 fully saturated rings. The predicted molar refractivity (Wildman–Crippen MR) is 78.3 cm³/mol. The summed E-state index contributed by atoms with van der Waals surface area (Å²) in [6, 6.07) is 10.6. The maximum absolute atomic E-state index is 12.0. The van der Waals surface area contributed by atoms with E-state index >= 15 is 0 Å². The third kappa shape index (κ3) is 2.14. The molecule has 3 aliphatic rings. The molecule has 20 heavy (non-hydrogen) atoms. The Bertz CT molecular complexity index is 487. The maximum Gasteiger partial charge on any atom is 0.306 e. The van der Waals surface area contributed by atoms with E-state index in [2.05, 4.69) is 24.1 Å². The number of likely N-dealkylation sites (N-methyl/N-ethyl adjacent to an activating group) is 1. The van der Waals surface area contributed by atoms with Gasteiger partial charge in [0.15, 0.2) is 5.60 Å². The molecule has 1 aromatic carbocycles. The minimum Gasteiger partial charge on any atom is -0.452 e. The molecule has 1 aliphatic carbocycles. The Morgan fingerprint density at radius 2 is 2.10 bits per heavy atom. The van der Waals surface area contributed by atoms with Gasteiger partial charge in [0.05, 0.1) is 6.04 Å². The monoisotopic (exact) mass is 273 g/mol. The molecule has 0 radical (unpaired) electrons. The molecule has 2 bridgehead atoms. The molecule has 4 rings (SSSR count). The topological polar surface area (TPSA) is 29.5 Å². The van der Waals surface area contributed by atoms with E-state index in [1.54, 1.807) is 0 Å². The van der Waals surface area contributed by atoms with Crippen molar-refractivity contribution in [2.75, 3.05) is 13.6 Å². The molecule has 0 spiro atoms. The van der Waals surface area contributed by atoms with Crippen LogP contribution in [0.5, 0.6) is 0 Å². The van der Waals surface area contributed by atoms with Gasteiger partial charge in [0.1, 0.15) is 0 Å². The number of hydrogen-bond acceptors (Lipinski definition) is 3. The van der Waals surface area contributed by atoms with Gasteiger partial charge in [-0.25, -0.2) is 0 Å². The molecule has 0 amide bonds. The molecule has 0 N–H and O–H groups in total. The number of rotatable bonds is 3. The van der Waals surface area contributed by atoms with E-state index < -0.39 is 5.60 Å². The van der Waals surface area contributed by atoms with Gasteiger partial charge in [-0.3, -0.25) is 9.69 Å². The lowest BCUT2D eigenvalue weighted by molar-refractivity contribution is -0.189. The zero-order chi connectivity index (χ0) is 14.2. The smallest absolute Gasteiger partial charge is 0.306 e. The van der Waals surface area contributed by atoms with Gasteiger partial charge in [-0.2, -0.15) is 0 Å². The third-order valence-electron chi connectivity index (χ3n) is 4.90. The van der Waals surface area contributed by atoms with Crippen LogP contribution in [0, 0.1) is 5.92 Å². The van der Waals surface area contributed by atoms with Gasteiger partial charge in [-0.1, -0.05) is 37.3 Å². The zero-order valence-corrected chi connectivity index (χ0v) is 12.3. The molecule has 2 aliphatic heterocycles. The lowest BCUT2D eigenvalue weighted by Gasteiger charge is -2.55. The number of benzene rings is 1. The SMILES string of the molecule is CCC(=O)O[C@@]1(c2ccccc2)C[C@H]2CC[C@H]1N(C)C2. The van der Waals surface area contributed by atoms with Crippen LogP contribution in [0.25, 0.3) is 0 Å². The summed E-state index contributed by atoms with van der Waals surface area (Å²) in [5, 5.41) is 0. The third-order valence-corrected chi connectivity index (χ3v) is 4.90. The van der Waals surface area contributed by atoms with Crippen LogP contribution in [-0.2, 0) is 15.1 Å². The number of carbonyl (C=O) groups is 1. The first-order valence-electron chi connectivity index (χ1n) is 7.63. The van der Waals surface area contributed by atoms with Crippen molar-refractivity contribution >= 4 is 5.97 Å². The highest BCUT2D eigenvalue weighted by Crippen LogP contribution is 2.49. The summed E-state index contributed by atoms with van der Waals surface area (Å²) in [4.78, 5) is 14.4. The summed E-state index contributed by atoms with van der Waals surface area (Å²) in [5.74, 6) is 0.546. The van der Waals surface area contributed by atoms with Crippen molar-refractivity contribution < 1.29 is 9.53 Å². The van der Waals surface area contributed by atoms with Crippen LogP contribution in [0.4, 0.5) is 0 Å². The first-order chi connectivity index (χ1) is 9.65. The average Bonchev–Trinajstić information content (AvgIpc) is 2.48. The van der Waals surface area contributed by atoms with Crippen molar-refractivity contribution in [2.45, 2.75) is 44.2 Å². The highest BCUT2D eigenvalue weighted by atomic mass is 16.6. The van der Waals surface area contributed by atoms with Gasteiger partial charge in [0.25, 0.3) is 0 Å². The summed E-state index contributed by atoms with van der Waals surface area (Å²) in [6.07, 6.45) is 3.79. The normalized spacial score (nSPS) is 33.1. The quantitative estimate of drug-likeness (QED) is 0.793. The highest BCUT2D eigenvalue weighted by molar-refractivity contribution is 5.70. The number of ether oxygens (including phenoxy) is 1. The minimum atomic E-state index is -0.440. The number of piperidine rings is 2. The Kier molecular flexibility index (Phi) is 3.55. The Labute approximate surface area is 120 Å². The summed E-state index contributed by atoms with van der Waals surface area (Å²) >= 11 is 0. The molecular formula is C17H23NO2. The van der Waals surface area contributed by atoms with Gasteiger partial charge in [-0.05, 0) is 37.8 Å². The van der Waals surface area contributed by atoms with E-state index in [0.29, 0.717) is 18.4 Å². The highest BCUT2D eigenvalue weighted by Gasteiger charge is 2.53. The van der Waals surface area contributed by atoms with Crippen LogP contribution in [-0.4, -0.2) is 30.5 Å². The lowest BCUT2D eigenvalue weighted by Crippen LogP contribution is -2.61. The average molecular weight is 273 g/mol. The Morgan fingerprint density at radius 3 is 2.70 bits per heavy atom. The first kappa shape index (κ1) is 13.6. The molecule has 2 heterocycles. The molecule has 3 atom stereocenters. The second kappa shape index (κ2) is 5.21. The largest absolute Gasteiger partial charge is 0.452 e. The molecule has 2 saturated heterocycles. The fourth-order valence-corrected chi connectivity index (χ4v) is 4.03. The van der Waals surface area contributed by atoms with Crippen molar-refractivity contribution in [3.05, 3.63) is 35.9 Å². The molecule has 3 heteroatoms. The van der Waals surface area contributed by atoms with Crippen molar-refractivity contribution in [1.82, 2.24) is 4.90 Å². The van der Waals surface area contributed by atoms with Gasteiger partial charge in [0.2, 0.25) is 0 Å². The van der Waals surface area contributed by atoms with E-state index in [9.17, 15) is 4.79 Å². The molecule has 0 aromatic heterocycles. The zero-order valence-electron chi connectivity index (χ0n) is 12.3. The molecule has 1 aromatic rings. The van der Waals surface area contributed by atoms with E-state index in [1.165, 1.54) is 6.42 Å². The summed E-state index contributed by atoms with van der Waals surface area (Å²) in [7, 11) is 2.16. The summed E-state index contributed by atoms with van der Waals surface area (Å²) < 4.78 is 6.04. The maximum atomic E-state index is 12.0. The lowest BCUT2D eigenvalue weighted by atomic mass is 9.67. The van der Waals surface area contributed by atoms with Crippen LogP contribution >= 0.6 is 0 Å². The van der Waals surface area contributed by atoms with E-state index in [-0.39, 0.29) is 5.97 Å². The minimum absolute atomic E-state index is 0.0881. The Balaban J connectivity index is 2.02. The second-order valence-electron chi connectivity index (χ2n) is 6.19. The van der Waals surface area contributed by atoms with Crippen molar-refractivity contribution in [2.24, 2.45) is 5.92 Å². The second-order valence-corrected chi connectivity index (χ2v) is 6.19. The number of fused-ring (bicyclic) bond motifs is 3. The number of hydrogen-bond donors (Lipinski definition) is 0. The Hall–Kier alpha value is -1.35. The molecule has 0 unspecified atom stereocenters. The van der Waals surface area contributed by atoms with Crippen molar-refractivity contribution in [1.29, 1.82) is 0 Å². The van der Waals surface area contributed by atoms with Gasteiger partial charge in [-0.15, -0.1) is 0 Å². The number of nitrogens with zero attached hydrogens (tertiary/aromatic N) is 1. The van der Waals surface area contributed by atoms with Crippen molar-refractivity contribution in [3.8, 4) is 0 Å². The standard InChI is InChI=1S/C17H23NO2/c1-3-16(19)20-17(14-7-5-4-6-8-14)11-13-9-10-15(17)18(2)12-13/h4-8,13,15H,3,9-12H2,1-2H3/t13-,15-,17-/m1/s1. The Morgan fingerprint density at radius 1 is 1.35 bits per heavy atom. The van der Waals surface area contributed by atoms with Crippen molar-refractivity contribution in [3.63, 3.8) is 0 Å². The van der Waals surface area contributed by atoms with E-state index in [4.69, 9.17) is 4.74 Å². The van der Waals surface area contributed by atoms with E-state index in [1.807, 2.05) is 25.1 Å². The fourth-order valence-electron chi connectivity index (χ4n) is 4.03. The van der Waals surface area contributed by atoms with Crippen LogP contribution in [0.3, 0.4) is 0 Å². The van der Waals surface area contributed by atoms with Gasteiger partial charge < -0.3 is 4.74 Å². The van der Waals surface area contributed by atoms with Crippen LogP contribution in [0.1, 0.15) is 38.2 Å². The fraction of sp³-hybridized carbons (Fsp3) is 0.588. The number of carbonyl (C=O) groups excluding carboxylic acids is 1. The number of esters is 1. The summed E-state index contributed by atoms with van der Waals surface area (Å²) in [5.41, 5.74) is 0.715. The van der Waals surface area contributed by atoms with Gasteiger partial charge in [0, 0.05) is 13.0 Å². The van der Waals surface area contributed by atoms with Crippen LogP contribution in [0.15, 0.2) is 30.3 Å². The first-order valence-corrected chi connectivity index (χ1v) is 7.63. The summed E-state index contributed by atoms with van der Waals surface area (Å²) in [6.45, 7) is 2.99. The molecule has 3 nitrogen and oxygen atoms in total. The van der Waals surface area contributed by atoms with Gasteiger partial charge >= 0.3 is 5.97 Å². The predicted octanol–water partition coefficient (Wildman–Crippen LogP) is 2.95. The van der Waals surface area contributed by atoms with E-state index in [0.717, 1.165) is 24.9 Å². The molecule has 1 saturated carbocycles. The molecule has 108 valence electrons. The van der Waals surface area contributed by atoms with Crippen LogP contribution in [0.2, 0.25) is 0 Å².